The van der Waals surface area contributed by atoms with Crippen LogP contribution in [0.2, 0.25) is 0 Å². The fraction of sp³-hybridized carbons (Fsp3) is 0.812. The van der Waals surface area contributed by atoms with Crippen LogP contribution in [0.4, 0.5) is 0 Å². The molecule has 0 N–H and O–H groups in total. The minimum Gasteiger partial charge on any atom is -0.303 e. The van der Waals surface area contributed by atoms with Gasteiger partial charge in [-0.2, -0.15) is 0 Å². The molecule has 0 amide bonds. The molecule has 0 saturated heterocycles. The highest BCUT2D eigenvalue weighted by Gasteiger charge is 2.03. The van der Waals surface area contributed by atoms with Gasteiger partial charge in [0.1, 0.15) is 6.29 Å². The summed E-state index contributed by atoms with van der Waals surface area (Å²) in [5.41, 5.74) is 1.37. The highest BCUT2D eigenvalue weighted by atomic mass is 16.1. The first-order valence-electron chi connectivity index (χ1n) is 7.15. The average Bonchev–Trinajstić information content (AvgIpc) is 2.25. The fourth-order valence-corrected chi connectivity index (χ4v) is 2.10. The van der Waals surface area contributed by atoms with Gasteiger partial charge >= 0.3 is 0 Å². The maximum atomic E-state index is 10.2. The minimum atomic E-state index is 0.579. The SMILES string of the molecule is CC(=CCC=O)CCCC(C)CCCC(C)C. The van der Waals surface area contributed by atoms with Crippen molar-refractivity contribution in [3.05, 3.63) is 11.6 Å². The Bertz CT molecular complexity index is 216. The van der Waals surface area contributed by atoms with Gasteiger partial charge in [-0.05, 0) is 31.6 Å². The van der Waals surface area contributed by atoms with Crippen LogP contribution in [0.5, 0.6) is 0 Å². The average molecular weight is 238 g/mol. The van der Waals surface area contributed by atoms with E-state index in [0.29, 0.717) is 6.42 Å². The van der Waals surface area contributed by atoms with Gasteiger partial charge in [-0.1, -0.05) is 58.1 Å². The third kappa shape index (κ3) is 11.7. The number of hydrogen-bond acceptors (Lipinski definition) is 1. The maximum Gasteiger partial charge on any atom is 0.123 e. The summed E-state index contributed by atoms with van der Waals surface area (Å²) in [6.07, 6.45) is 11.5. The van der Waals surface area contributed by atoms with E-state index < -0.39 is 0 Å². The van der Waals surface area contributed by atoms with Gasteiger partial charge in [-0.25, -0.2) is 0 Å². The Balaban J connectivity index is 3.50. The lowest BCUT2D eigenvalue weighted by Crippen LogP contribution is -1.97. The lowest BCUT2D eigenvalue weighted by atomic mass is 9.94. The second kappa shape index (κ2) is 10.6. The van der Waals surface area contributed by atoms with E-state index in [1.165, 1.54) is 37.7 Å². The molecule has 1 atom stereocenters. The van der Waals surface area contributed by atoms with E-state index in [-0.39, 0.29) is 0 Å². The molecule has 0 fully saturated rings. The molecular weight excluding hydrogens is 208 g/mol. The van der Waals surface area contributed by atoms with E-state index in [2.05, 4.69) is 33.8 Å². The Morgan fingerprint density at radius 1 is 1.06 bits per heavy atom. The Hall–Kier alpha value is -0.590. The summed E-state index contributed by atoms with van der Waals surface area (Å²) in [4.78, 5) is 10.2. The van der Waals surface area contributed by atoms with Gasteiger partial charge in [0.25, 0.3) is 0 Å². The highest BCUT2D eigenvalue weighted by molar-refractivity contribution is 5.52. The van der Waals surface area contributed by atoms with Gasteiger partial charge in [0.05, 0.1) is 0 Å². The Morgan fingerprint density at radius 3 is 2.29 bits per heavy atom. The van der Waals surface area contributed by atoms with Crippen LogP contribution < -0.4 is 0 Å². The molecule has 0 radical (unpaired) electrons. The summed E-state index contributed by atoms with van der Waals surface area (Å²) in [6, 6.07) is 0. The second-order valence-electron chi connectivity index (χ2n) is 5.77. The van der Waals surface area contributed by atoms with Crippen molar-refractivity contribution in [2.45, 2.75) is 72.6 Å². The molecule has 0 bridgehead atoms. The van der Waals surface area contributed by atoms with Crippen molar-refractivity contribution in [2.75, 3.05) is 0 Å². The zero-order valence-electron chi connectivity index (χ0n) is 12.2. The van der Waals surface area contributed by atoms with Crippen LogP contribution in [-0.4, -0.2) is 6.29 Å². The Morgan fingerprint density at radius 2 is 1.71 bits per heavy atom. The molecule has 0 aliphatic carbocycles. The molecule has 0 aromatic rings. The van der Waals surface area contributed by atoms with Gasteiger partial charge in [0.15, 0.2) is 0 Å². The first kappa shape index (κ1) is 16.4. The molecule has 0 aromatic heterocycles. The Labute approximate surface area is 108 Å². The number of aldehydes is 1. The molecule has 0 rings (SSSR count). The molecule has 17 heavy (non-hydrogen) atoms. The zero-order valence-corrected chi connectivity index (χ0v) is 12.2. The predicted molar refractivity (Wildman–Crippen MR) is 76.1 cm³/mol. The van der Waals surface area contributed by atoms with Crippen molar-refractivity contribution in [1.29, 1.82) is 0 Å². The number of carbonyl (C=O) groups is 1. The van der Waals surface area contributed by atoms with E-state index in [9.17, 15) is 4.79 Å². The minimum absolute atomic E-state index is 0.579. The summed E-state index contributed by atoms with van der Waals surface area (Å²) in [7, 11) is 0. The van der Waals surface area contributed by atoms with E-state index in [1.807, 2.05) is 0 Å². The topological polar surface area (TPSA) is 17.1 Å². The molecule has 1 nitrogen and oxygen atoms in total. The van der Waals surface area contributed by atoms with E-state index in [0.717, 1.165) is 24.5 Å². The smallest absolute Gasteiger partial charge is 0.123 e. The molecule has 1 unspecified atom stereocenters. The van der Waals surface area contributed by atoms with Crippen molar-refractivity contribution in [3.8, 4) is 0 Å². The molecule has 0 saturated carbocycles. The van der Waals surface area contributed by atoms with Crippen LogP contribution in [0.25, 0.3) is 0 Å². The molecule has 0 spiro atoms. The van der Waals surface area contributed by atoms with Crippen LogP contribution in [0.15, 0.2) is 11.6 Å². The van der Waals surface area contributed by atoms with Gasteiger partial charge in [-0.3, -0.25) is 0 Å². The largest absolute Gasteiger partial charge is 0.303 e. The number of carbonyl (C=O) groups excluding carboxylic acids is 1. The lowest BCUT2D eigenvalue weighted by molar-refractivity contribution is -0.107. The number of allylic oxidation sites excluding steroid dienone is 2. The van der Waals surface area contributed by atoms with Crippen molar-refractivity contribution in [1.82, 2.24) is 0 Å². The molecular formula is C16H30O. The quantitative estimate of drug-likeness (QED) is 0.380. The molecule has 100 valence electrons. The van der Waals surface area contributed by atoms with Gasteiger partial charge in [-0.15, -0.1) is 0 Å². The van der Waals surface area contributed by atoms with E-state index in [1.54, 1.807) is 0 Å². The highest BCUT2D eigenvalue weighted by Crippen LogP contribution is 2.19. The van der Waals surface area contributed by atoms with Gasteiger partial charge < -0.3 is 4.79 Å². The zero-order chi connectivity index (χ0) is 13.1. The fourth-order valence-electron chi connectivity index (χ4n) is 2.10. The summed E-state index contributed by atoms with van der Waals surface area (Å²) in [6.45, 7) is 9.09. The van der Waals surface area contributed by atoms with Crippen LogP contribution in [-0.2, 0) is 4.79 Å². The predicted octanol–water partition coefficient (Wildman–Crippen LogP) is 5.15. The van der Waals surface area contributed by atoms with Gasteiger partial charge in [0.2, 0.25) is 0 Å². The van der Waals surface area contributed by atoms with Crippen molar-refractivity contribution in [2.24, 2.45) is 11.8 Å². The van der Waals surface area contributed by atoms with E-state index >= 15 is 0 Å². The molecule has 0 aliphatic rings. The third-order valence-electron chi connectivity index (χ3n) is 3.31. The standard InChI is InChI=1S/C16H30O/c1-14(2)8-5-9-15(3)10-6-11-16(4)12-7-13-17/h12-15H,5-11H2,1-4H3. The normalized spacial score (nSPS) is 14.1. The van der Waals surface area contributed by atoms with Crippen LogP contribution >= 0.6 is 0 Å². The van der Waals surface area contributed by atoms with Crippen LogP contribution in [0, 0.1) is 11.8 Å². The molecule has 0 aromatic carbocycles. The number of rotatable bonds is 10. The van der Waals surface area contributed by atoms with Gasteiger partial charge in [0, 0.05) is 6.42 Å². The monoisotopic (exact) mass is 238 g/mol. The van der Waals surface area contributed by atoms with Crippen molar-refractivity contribution < 1.29 is 4.79 Å². The van der Waals surface area contributed by atoms with Crippen molar-refractivity contribution in [3.63, 3.8) is 0 Å². The van der Waals surface area contributed by atoms with Crippen LogP contribution in [0.3, 0.4) is 0 Å². The number of hydrogen-bond donors (Lipinski definition) is 0. The summed E-state index contributed by atoms with van der Waals surface area (Å²) in [5, 5.41) is 0. The summed E-state index contributed by atoms with van der Waals surface area (Å²) >= 11 is 0. The molecule has 0 heterocycles. The lowest BCUT2D eigenvalue weighted by Gasteiger charge is -2.12. The van der Waals surface area contributed by atoms with Crippen molar-refractivity contribution >= 4 is 6.29 Å². The maximum absolute atomic E-state index is 10.2. The molecule has 0 aliphatic heterocycles. The van der Waals surface area contributed by atoms with E-state index in [4.69, 9.17) is 0 Å². The second-order valence-corrected chi connectivity index (χ2v) is 5.77. The molecule has 1 heteroatoms. The Kier molecular flexibility index (Phi) is 10.2. The summed E-state index contributed by atoms with van der Waals surface area (Å²) < 4.78 is 0. The third-order valence-corrected chi connectivity index (χ3v) is 3.31. The van der Waals surface area contributed by atoms with Crippen LogP contribution in [0.1, 0.15) is 72.6 Å². The summed E-state index contributed by atoms with van der Waals surface area (Å²) in [5.74, 6) is 1.70. The first-order chi connectivity index (χ1) is 8.06. The first-order valence-corrected chi connectivity index (χ1v) is 7.15.